The standard InChI is InChI=1S/C13H24N2O3.ClH/c1-4-9(2)11(13(17)18-3)15-12(16)10-5-7-14-8-6-10;/h9-11,14H,4-8H2,1-3H3,(H,15,16);1H/t9-,11-;/m0./s1. The van der Waals surface area contributed by atoms with Crippen molar-refractivity contribution in [2.45, 2.75) is 39.2 Å². The highest BCUT2D eigenvalue weighted by Crippen LogP contribution is 2.14. The molecule has 0 aliphatic carbocycles. The van der Waals surface area contributed by atoms with Gasteiger partial charge in [0.05, 0.1) is 7.11 Å². The van der Waals surface area contributed by atoms with Gasteiger partial charge in [-0.25, -0.2) is 4.79 Å². The number of esters is 1. The molecule has 19 heavy (non-hydrogen) atoms. The zero-order chi connectivity index (χ0) is 13.5. The van der Waals surface area contributed by atoms with Gasteiger partial charge >= 0.3 is 5.97 Å². The van der Waals surface area contributed by atoms with E-state index in [-0.39, 0.29) is 36.1 Å². The third-order valence-electron chi connectivity index (χ3n) is 3.68. The van der Waals surface area contributed by atoms with Crippen LogP contribution in [0.1, 0.15) is 33.1 Å². The Bertz CT molecular complexity index is 294. The lowest BCUT2D eigenvalue weighted by Crippen LogP contribution is -2.49. The van der Waals surface area contributed by atoms with Crippen molar-refractivity contribution in [2.24, 2.45) is 11.8 Å². The quantitative estimate of drug-likeness (QED) is 0.745. The van der Waals surface area contributed by atoms with E-state index in [4.69, 9.17) is 4.74 Å². The van der Waals surface area contributed by atoms with Crippen LogP contribution in [-0.4, -0.2) is 38.1 Å². The first-order chi connectivity index (χ1) is 8.60. The Labute approximate surface area is 121 Å². The van der Waals surface area contributed by atoms with E-state index in [2.05, 4.69) is 10.6 Å². The molecule has 1 heterocycles. The third kappa shape index (κ3) is 5.37. The molecule has 1 aliphatic heterocycles. The van der Waals surface area contributed by atoms with Crippen molar-refractivity contribution in [3.8, 4) is 0 Å². The number of nitrogens with one attached hydrogen (secondary N) is 2. The molecular weight excluding hydrogens is 268 g/mol. The summed E-state index contributed by atoms with van der Waals surface area (Å²) in [6, 6.07) is -0.526. The average Bonchev–Trinajstić information content (AvgIpc) is 2.43. The van der Waals surface area contributed by atoms with Crippen molar-refractivity contribution in [3.63, 3.8) is 0 Å². The van der Waals surface area contributed by atoms with E-state index >= 15 is 0 Å². The van der Waals surface area contributed by atoms with Crippen LogP contribution < -0.4 is 10.6 Å². The largest absolute Gasteiger partial charge is 0.467 e. The fourth-order valence-electron chi connectivity index (χ4n) is 2.15. The smallest absolute Gasteiger partial charge is 0.328 e. The third-order valence-corrected chi connectivity index (χ3v) is 3.68. The molecule has 0 radical (unpaired) electrons. The first-order valence-corrected chi connectivity index (χ1v) is 6.69. The molecule has 0 bridgehead atoms. The fraction of sp³-hybridized carbons (Fsp3) is 0.846. The Morgan fingerprint density at radius 1 is 1.37 bits per heavy atom. The van der Waals surface area contributed by atoms with E-state index in [0.29, 0.717) is 0 Å². The number of methoxy groups -OCH3 is 1. The maximum Gasteiger partial charge on any atom is 0.328 e. The topological polar surface area (TPSA) is 67.4 Å². The molecule has 2 atom stereocenters. The molecular formula is C13H25ClN2O3. The van der Waals surface area contributed by atoms with Crippen LogP contribution >= 0.6 is 12.4 Å². The Kier molecular flexibility index (Phi) is 8.76. The summed E-state index contributed by atoms with van der Waals surface area (Å²) in [5.41, 5.74) is 0. The molecule has 1 aliphatic rings. The zero-order valence-corrected chi connectivity index (χ0v) is 12.7. The van der Waals surface area contributed by atoms with Crippen LogP contribution in [0.3, 0.4) is 0 Å². The van der Waals surface area contributed by atoms with E-state index in [0.717, 1.165) is 32.4 Å². The highest BCUT2D eigenvalue weighted by atomic mass is 35.5. The second-order valence-electron chi connectivity index (χ2n) is 4.92. The van der Waals surface area contributed by atoms with E-state index in [1.807, 2.05) is 13.8 Å². The molecule has 1 rings (SSSR count). The predicted molar refractivity (Wildman–Crippen MR) is 76.2 cm³/mol. The van der Waals surface area contributed by atoms with Crippen LogP contribution in [0.2, 0.25) is 0 Å². The lowest BCUT2D eigenvalue weighted by Gasteiger charge is -2.26. The van der Waals surface area contributed by atoms with Crippen molar-refractivity contribution < 1.29 is 14.3 Å². The fourth-order valence-corrected chi connectivity index (χ4v) is 2.15. The van der Waals surface area contributed by atoms with Gasteiger partial charge in [0, 0.05) is 5.92 Å². The van der Waals surface area contributed by atoms with E-state index < -0.39 is 6.04 Å². The number of hydrogen-bond acceptors (Lipinski definition) is 4. The summed E-state index contributed by atoms with van der Waals surface area (Å²) in [6.07, 6.45) is 2.49. The summed E-state index contributed by atoms with van der Waals surface area (Å²) in [5, 5.41) is 6.07. The molecule has 1 amide bonds. The molecule has 0 aromatic carbocycles. The van der Waals surface area contributed by atoms with Crippen LogP contribution in [0, 0.1) is 11.8 Å². The van der Waals surface area contributed by atoms with Crippen LogP contribution in [0.5, 0.6) is 0 Å². The van der Waals surface area contributed by atoms with Gasteiger partial charge in [-0.2, -0.15) is 0 Å². The van der Waals surface area contributed by atoms with Gasteiger partial charge in [-0.15, -0.1) is 12.4 Å². The summed E-state index contributed by atoms with van der Waals surface area (Å²) in [4.78, 5) is 23.8. The maximum absolute atomic E-state index is 12.1. The first-order valence-electron chi connectivity index (χ1n) is 6.69. The minimum Gasteiger partial charge on any atom is -0.467 e. The molecule has 0 unspecified atom stereocenters. The monoisotopic (exact) mass is 292 g/mol. The van der Waals surface area contributed by atoms with Crippen LogP contribution in [0.25, 0.3) is 0 Å². The van der Waals surface area contributed by atoms with Gasteiger partial charge in [-0.1, -0.05) is 20.3 Å². The minimum atomic E-state index is -0.526. The van der Waals surface area contributed by atoms with Gasteiger partial charge in [0.15, 0.2) is 0 Å². The normalized spacial score (nSPS) is 18.9. The molecule has 1 fully saturated rings. The summed E-state index contributed by atoms with van der Waals surface area (Å²) < 4.78 is 4.76. The second kappa shape index (κ2) is 9.15. The van der Waals surface area contributed by atoms with Gasteiger partial charge < -0.3 is 15.4 Å². The Balaban J connectivity index is 0.00000324. The molecule has 1 saturated heterocycles. The van der Waals surface area contributed by atoms with Crippen molar-refractivity contribution in [2.75, 3.05) is 20.2 Å². The van der Waals surface area contributed by atoms with Crippen LogP contribution in [0.15, 0.2) is 0 Å². The maximum atomic E-state index is 12.1. The van der Waals surface area contributed by atoms with Crippen molar-refractivity contribution in [1.82, 2.24) is 10.6 Å². The molecule has 6 heteroatoms. The first kappa shape index (κ1) is 18.2. The highest BCUT2D eigenvalue weighted by Gasteiger charge is 2.30. The molecule has 0 aromatic heterocycles. The van der Waals surface area contributed by atoms with Gasteiger partial charge in [0.25, 0.3) is 0 Å². The minimum absolute atomic E-state index is 0. The molecule has 5 nitrogen and oxygen atoms in total. The summed E-state index contributed by atoms with van der Waals surface area (Å²) >= 11 is 0. The van der Waals surface area contributed by atoms with Gasteiger partial charge in [0.1, 0.15) is 6.04 Å². The van der Waals surface area contributed by atoms with Gasteiger partial charge in [0.2, 0.25) is 5.91 Å². The number of ether oxygens (including phenoxy) is 1. The predicted octanol–water partition coefficient (Wildman–Crippen LogP) is 1.11. The lowest BCUT2D eigenvalue weighted by atomic mass is 9.94. The Morgan fingerprint density at radius 3 is 2.42 bits per heavy atom. The molecule has 0 aromatic rings. The summed E-state index contributed by atoms with van der Waals surface area (Å²) in [6.45, 7) is 5.68. The number of carbonyl (C=O) groups excluding carboxylic acids is 2. The number of amides is 1. The molecule has 0 spiro atoms. The molecule has 0 saturated carbocycles. The molecule has 112 valence electrons. The average molecular weight is 293 g/mol. The second-order valence-corrected chi connectivity index (χ2v) is 4.92. The van der Waals surface area contributed by atoms with E-state index in [1.54, 1.807) is 0 Å². The number of halogens is 1. The SMILES string of the molecule is CC[C@H](C)[C@H](NC(=O)C1CCNCC1)C(=O)OC.Cl. The van der Waals surface area contributed by atoms with Crippen molar-refractivity contribution >= 4 is 24.3 Å². The van der Waals surface area contributed by atoms with Crippen molar-refractivity contribution in [3.05, 3.63) is 0 Å². The number of piperidine rings is 1. The van der Waals surface area contributed by atoms with Gasteiger partial charge in [-0.05, 0) is 31.8 Å². The zero-order valence-electron chi connectivity index (χ0n) is 11.9. The number of hydrogen-bond donors (Lipinski definition) is 2. The van der Waals surface area contributed by atoms with Crippen LogP contribution in [-0.2, 0) is 14.3 Å². The molecule has 2 N–H and O–H groups in total. The van der Waals surface area contributed by atoms with E-state index in [1.165, 1.54) is 7.11 Å². The highest BCUT2D eigenvalue weighted by molar-refractivity contribution is 5.86. The van der Waals surface area contributed by atoms with E-state index in [9.17, 15) is 9.59 Å². The van der Waals surface area contributed by atoms with Gasteiger partial charge in [-0.3, -0.25) is 4.79 Å². The Hall–Kier alpha value is -0.810. The van der Waals surface area contributed by atoms with Crippen molar-refractivity contribution in [1.29, 1.82) is 0 Å². The summed E-state index contributed by atoms with van der Waals surface area (Å²) in [5.74, 6) is -0.274. The number of carbonyl (C=O) groups is 2. The summed E-state index contributed by atoms with van der Waals surface area (Å²) in [7, 11) is 1.36. The lowest BCUT2D eigenvalue weighted by molar-refractivity contribution is -0.147. The van der Waals surface area contributed by atoms with Crippen LogP contribution in [0.4, 0.5) is 0 Å². The number of rotatable bonds is 5. The Morgan fingerprint density at radius 2 is 1.95 bits per heavy atom.